The second kappa shape index (κ2) is 18.4. The summed E-state index contributed by atoms with van der Waals surface area (Å²) in [5, 5.41) is 49.0. The van der Waals surface area contributed by atoms with Crippen molar-refractivity contribution in [1.82, 2.24) is 5.32 Å². The average molecular weight is 693 g/mol. The van der Waals surface area contributed by atoms with Crippen LogP contribution in [0.4, 0.5) is 0 Å². The summed E-state index contributed by atoms with van der Waals surface area (Å²) in [6.45, 7) is 17.0. The zero-order valence-electron chi connectivity index (χ0n) is 30.2. The van der Waals surface area contributed by atoms with Crippen molar-refractivity contribution in [3.05, 3.63) is 44.5 Å². The van der Waals surface area contributed by atoms with Crippen LogP contribution < -0.4 is 20.5 Å². The van der Waals surface area contributed by atoms with Crippen molar-refractivity contribution in [3.8, 4) is 23.0 Å². The molecule has 0 saturated heterocycles. The Kier molecular flexibility index (Phi) is 15.6. The Balaban J connectivity index is 0.000000293. The fraction of sp³-hybridized carbons (Fsp3) is 0.611. The van der Waals surface area contributed by atoms with Crippen LogP contribution in [0.25, 0.3) is 0 Å². The molecule has 0 aliphatic carbocycles. The van der Waals surface area contributed by atoms with Gasteiger partial charge in [-0.15, -0.1) is 0 Å². The first kappa shape index (κ1) is 41.6. The van der Waals surface area contributed by atoms with Crippen molar-refractivity contribution in [2.75, 3.05) is 52.7 Å². The molecule has 49 heavy (non-hydrogen) atoms. The van der Waals surface area contributed by atoms with E-state index in [0.29, 0.717) is 75.8 Å². The largest absolute Gasteiger partial charge is 0.507 e. The fourth-order valence-corrected chi connectivity index (χ4v) is 5.65. The molecule has 13 heteroatoms. The number of ether oxygens (including phenoxy) is 4. The van der Waals surface area contributed by atoms with Crippen molar-refractivity contribution < 1.29 is 54.1 Å². The highest BCUT2D eigenvalue weighted by atomic mass is 16.5. The smallest absolute Gasteiger partial charge is 0.347 e. The number of phenols is 2. The Labute approximate surface area is 289 Å². The van der Waals surface area contributed by atoms with Crippen LogP contribution in [0.5, 0.6) is 23.0 Å². The summed E-state index contributed by atoms with van der Waals surface area (Å²) in [6, 6.07) is 0. The Morgan fingerprint density at radius 3 is 1.57 bits per heavy atom. The molecule has 1 amide bonds. The molecule has 276 valence electrons. The van der Waals surface area contributed by atoms with Crippen LogP contribution in [-0.4, -0.2) is 101 Å². The maximum Gasteiger partial charge on any atom is 0.347 e. The Bertz CT molecular complexity index is 1460. The maximum atomic E-state index is 12.5. The third kappa shape index (κ3) is 9.98. The molecular formula is C36H56N2O11. The zero-order chi connectivity index (χ0) is 37.1. The molecule has 2 aromatic carbocycles. The quantitative estimate of drug-likeness (QED) is 0.170. The predicted molar refractivity (Wildman–Crippen MR) is 185 cm³/mol. The number of hydrogen-bond donors (Lipinski definition) is 7. The van der Waals surface area contributed by atoms with Crippen LogP contribution in [0.1, 0.15) is 71.2 Å². The normalized spacial score (nSPS) is 19.1. The Hall–Kier alpha value is -3.62. The number of nitrogens with one attached hydrogen (secondary N) is 1. The molecule has 2 aromatic rings. The van der Waals surface area contributed by atoms with Gasteiger partial charge in [-0.2, -0.15) is 0 Å². The lowest BCUT2D eigenvalue weighted by atomic mass is 9.86. The molecule has 0 aromatic heterocycles. The predicted octanol–water partition coefficient (Wildman–Crippen LogP) is 2.97. The summed E-state index contributed by atoms with van der Waals surface area (Å²) in [4.78, 5) is 23.8. The van der Waals surface area contributed by atoms with E-state index in [1.165, 1.54) is 0 Å². The zero-order valence-corrected chi connectivity index (χ0v) is 30.2. The van der Waals surface area contributed by atoms with Gasteiger partial charge < -0.3 is 55.5 Å². The van der Waals surface area contributed by atoms with Gasteiger partial charge in [-0.1, -0.05) is 0 Å². The Morgan fingerprint density at radius 1 is 0.714 bits per heavy atom. The number of hydrogen-bond acceptors (Lipinski definition) is 11. The number of phenolic OH excluding ortho intramolecular Hbond substituents is 2. The van der Waals surface area contributed by atoms with Gasteiger partial charge in [0.25, 0.3) is 5.91 Å². The van der Waals surface area contributed by atoms with E-state index in [9.17, 15) is 24.9 Å². The minimum atomic E-state index is -1.17. The molecule has 0 fully saturated rings. The Morgan fingerprint density at radius 2 is 1.14 bits per heavy atom. The van der Waals surface area contributed by atoms with Gasteiger partial charge in [0, 0.05) is 37.1 Å². The number of carboxylic acids is 1. The number of nitrogens with two attached hydrogens (primary N) is 1. The number of carbonyl (C=O) groups is 2. The lowest BCUT2D eigenvalue weighted by molar-refractivity contribution is -0.155. The highest BCUT2D eigenvalue weighted by Crippen LogP contribution is 2.44. The van der Waals surface area contributed by atoms with Crippen molar-refractivity contribution in [2.45, 2.75) is 92.3 Å². The number of amides is 1. The van der Waals surface area contributed by atoms with Gasteiger partial charge in [-0.3, -0.25) is 4.79 Å². The van der Waals surface area contributed by atoms with Crippen LogP contribution in [0.2, 0.25) is 0 Å². The minimum absolute atomic E-state index is 0.0314. The molecule has 4 rings (SSSR count). The molecule has 13 nitrogen and oxygen atoms in total. The number of fused-ring (bicyclic) bond motifs is 2. The number of carbonyl (C=O) groups excluding carboxylic acids is 1. The summed E-state index contributed by atoms with van der Waals surface area (Å²) >= 11 is 0. The topological polar surface area (TPSA) is 210 Å². The lowest BCUT2D eigenvalue weighted by Gasteiger charge is -2.36. The highest BCUT2D eigenvalue weighted by molar-refractivity contribution is 5.86. The fourth-order valence-electron chi connectivity index (χ4n) is 5.65. The molecule has 2 aliphatic heterocycles. The van der Waals surface area contributed by atoms with Crippen molar-refractivity contribution in [2.24, 2.45) is 5.73 Å². The van der Waals surface area contributed by atoms with E-state index < -0.39 is 17.2 Å². The van der Waals surface area contributed by atoms with Crippen LogP contribution >= 0.6 is 0 Å². The molecule has 2 aliphatic rings. The third-order valence-electron chi connectivity index (χ3n) is 9.24. The van der Waals surface area contributed by atoms with Crippen LogP contribution in [0.3, 0.4) is 0 Å². The van der Waals surface area contributed by atoms with Crippen molar-refractivity contribution in [3.63, 3.8) is 0 Å². The van der Waals surface area contributed by atoms with Crippen LogP contribution in [0, 0.1) is 41.5 Å². The second-order valence-corrected chi connectivity index (χ2v) is 12.8. The summed E-state index contributed by atoms with van der Waals surface area (Å²) in [6.07, 6.45) is 2.25. The van der Waals surface area contributed by atoms with Crippen LogP contribution in [0.15, 0.2) is 0 Å². The van der Waals surface area contributed by atoms with Gasteiger partial charge >= 0.3 is 5.97 Å². The van der Waals surface area contributed by atoms with Crippen molar-refractivity contribution >= 4 is 11.9 Å². The van der Waals surface area contributed by atoms with E-state index in [4.69, 9.17) is 34.9 Å². The van der Waals surface area contributed by atoms with Crippen molar-refractivity contribution in [1.29, 1.82) is 0 Å². The SMILES string of the molecule is Cc1c(C)c2c(c(C)c1O)CCC(C)(C(=O)NCCOCCO)O2.Cc1c(C)c2c(c(C)c1O)CCC(C)(C(=O)O)O2.NCCOCCO. The minimum Gasteiger partial charge on any atom is -0.507 e. The highest BCUT2D eigenvalue weighted by Gasteiger charge is 2.42. The number of aliphatic hydroxyl groups is 2. The number of carboxylic acid groups (broad SMARTS) is 1. The van der Waals surface area contributed by atoms with Gasteiger partial charge in [0.15, 0.2) is 5.60 Å². The number of aromatic hydroxyl groups is 2. The monoisotopic (exact) mass is 692 g/mol. The number of benzene rings is 2. The van der Waals surface area contributed by atoms with E-state index in [1.54, 1.807) is 13.8 Å². The molecule has 0 spiro atoms. The molecule has 2 atom stereocenters. The lowest BCUT2D eigenvalue weighted by Crippen LogP contribution is -2.51. The van der Waals surface area contributed by atoms with Gasteiger partial charge in [-0.25, -0.2) is 4.79 Å². The third-order valence-corrected chi connectivity index (χ3v) is 9.24. The maximum absolute atomic E-state index is 12.5. The number of aliphatic hydroxyl groups excluding tert-OH is 2. The summed E-state index contributed by atoms with van der Waals surface area (Å²) in [7, 11) is 0. The summed E-state index contributed by atoms with van der Waals surface area (Å²) in [5.41, 5.74) is 9.70. The molecule has 0 bridgehead atoms. The molecule has 0 radical (unpaired) electrons. The standard InChI is InChI=1S/C18H27NO5.C14H18O4.C4H11NO2/c1-11-12(2)16-14(13(3)15(11)21)5-6-18(4,24-16)17(22)19-7-9-23-10-8-20;1-7-8(2)12-10(9(3)11(7)15)5-6-14(4,18-12)13(16)17;5-1-3-7-4-2-6/h20-21H,5-10H2,1-4H3,(H,19,22);15H,5-6H2,1-4H3,(H,16,17);6H,1-5H2. The number of aliphatic carboxylic acids is 1. The van der Waals surface area contributed by atoms with E-state index in [2.05, 4.69) is 5.32 Å². The first-order valence-electron chi connectivity index (χ1n) is 16.6. The van der Waals surface area contributed by atoms with Gasteiger partial charge in [0.1, 0.15) is 23.0 Å². The first-order valence-corrected chi connectivity index (χ1v) is 16.6. The summed E-state index contributed by atoms with van der Waals surface area (Å²) < 4.78 is 21.7. The summed E-state index contributed by atoms with van der Waals surface area (Å²) in [5.74, 6) is 0.805. The number of rotatable bonds is 11. The molecule has 0 saturated carbocycles. The van der Waals surface area contributed by atoms with E-state index in [-0.39, 0.29) is 31.5 Å². The molecular weight excluding hydrogens is 636 g/mol. The average Bonchev–Trinajstić information content (AvgIpc) is 3.08. The first-order chi connectivity index (χ1) is 23.0. The van der Waals surface area contributed by atoms with E-state index in [0.717, 1.165) is 44.5 Å². The second-order valence-electron chi connectivity index (χ2n) is 12.8. The molecule has 2 heterocycles. The van der Waals surface area contributed by atoms with E-state index in [1.807, 2.05) is 41.5 Å². The van der Waals surface area contributed by atoms with Crippen LogP contribution in [-0.2, 0) is 31.9 Å². The van der Waals surface area contributed by atoms with Gasteiger partial charge in [0.2, 0.25) is 5.60 Å². The molecule has 8 N–H and O–H groups in total. The van der Waals surface area contributed by atoms with Gasteiger partial charge in [0.05, 0.1) is 39.6 Å². The van der Waals surface area contributed by atoms with Gasteiger partial charge in [-0.05, 0) is 102 Å². The molecule has 2 unspecified atom stereocenters. The van der Waals surface area contributed by atoms with E-state index >= 15 is 0 Å².